The Morgan fingerprint density at radius 1 is 0.897 bits per heavy atom. The van der Waals surface area contributed by atoms with Gasteiger partial charge >= 0.3 is 6.18 Å². The molecule has 1 atom stereocenters. The normalized spacial score (nSPS) is 16.9. The minimum absolute atomic E-state index is 0.122. The number of nitrogens with one attached hydrogen (secondary N) is 1. The fourth-order valence-electron chi connectivity index (χ4n) is 3.60. The fraction of sp³-hybridized carbons (Fsp3) is 0.238. The van der Waals surface area contributed by atoms with E-state index in [2.05, 4.69) is 15.5 Å². The molecular weight excluding hydrogens is 389 g/mol. The average Bonchev–Trinajstić information content (AvgIpc) is 2.91. The van der Waals surface area contributed by atoms with Crippen molar-refractivity contribution in [3.8, 4) is 11.3 Å². The van der Waals surface area contributed by atoms with Gasteiger partial charge in [0.05, 0.1) is 5.69 Å². The highest BCUT2D eigenvalue weighted by molar-refractivity contribution is 5.61. The number of hydrogen-bond donors (Lipinski definition) is 1. The summed E-state index contributed by atoms with van der Waals surface area (Å²) in [7, 11) is 0. The highest BCUT2D eigenvalue weighted by Gasteiger charge is 2.33. The van der Waals surface area contributed by atoms with Crippen LogP contribution in [-0.4, -0.2) is 16.7 Å². The van der Waals surface area contributed by atoms with E-state index in [0.29, 0.717) is 36.3 Å². The average molecular weight is 405 g/mol. The second-order valence-corrected chi connectivity index (χ2v) is 6.91. The molecule has 1 aliphatic heterocycles. The summed E-state index contributed by atoms with van der Waals surface area (Å²) in [6.45, 7) is 1.24. The van der Waals surface area contributed by atoms with Crippen LogP contribution in [0.25, 0.3) is 11.3 Å². The van der Waals surface area contributed by atoms with Crippen LogP contribution < -0.4 is 5.32 Å². The van der Waals surface area contributed by atoms with Gasteiger partial charge < -0.3 is 5.32 Å². The third kappa shape index (κ3) is 3.98. The van der Waals surface area contributed by atoms with Crippen LogP contribution in [0, 0.1) is 11.6 Å². The Morgan fingerprint density at radius 3 is 2.41 bits per heavy atom. The molecule has 0 aliphatic carbocycles. The Balaban J connectivity index is 1.70. The third-order valence-corrected chi connectivity index (χ3v) is 5.04. The molecule has 1 unspecified atom stereocenters. The number of nitrogens with zero attached hydrogens (tertiary/aromatic N) is 2. The van der Waals surface area contributed by atoms with Gasteiger partial charge in [0, 0.05) is 18.0 Å². The fourth-order valence-corrected chi connectivity index (χ4v) is 3.60. The molecule has 0 saturated carbocycles. The summed E-state index contributed by atoms with van der Waals surface area (Å²) in [6, 6.07) is 11.6. The zero-order valence-electron chi connectivity index (χ0n) is 15.1. The molecule has 0 bridgehead atoms. The van der Waals surface area contributed by atoms with Crippen LogP contribution in [0.15, 0.2) is 48.5 Å². The number of hydrogen-bond acceptors (Lipinski definition) is 3. The summed E-state index contributed by atoms with van der Waals surface area (Å²) in [6.07, 6.45) is -3.83. The van der Waals surface area contributed by atoms with Gasteiger partial charge in [0.25, 0.3) is 0 Å². The topological polar surface area (TPSA) is 37.8 Å². The number of alkyl halides is 3. The first-order valence-corrected chi connectivity index (χ1v) is 9.03. The molecule has 3 nitrogen and oxygen atoms in total. The van der Waals surface area contributed by atoms with Gasteiger partial charge in [-0.1, -0.05) is 18.2 Å². The summed E-state index contributed by atoms with van der Waals surface area (Å²) in [5.74, 6) is -1.90. The van der Waals surface area contributed by atoms with Crippen LogP contribution in [0.4, 0.5) is 22.0 Å². The number of rotatable bonds is 2. The van der Waals surface area contributed by atoms with Crippen LogP contribution in [0.1, 0.15) is 34.7 Å². The van der Waals surface area contributed by atoms with E-state index in [4.69, 9.17) is 0 Å². The first-order valence-electron chi connectivity index (χ1n) is 9.03. The maximum Gasteiger partial charge on any atom is 0.435 e. The quantitative estimate of drug-likeness (QED) is 0.606. The standard InChI is InChI=1S/C21H16F5N3/c22-17-4-2-12(10-18(17)23)16-7-8-27-11-14-9-13(1-3-15(14)16)19-5-6-20(29-28-19)21(24,25)26/h1-6,9-10,16,27H,7-8,11H2. The van der Waals surface area contributed by atoms with Crippen LogP contribution in [-0.2, 0) is 12.7 Å². The first-order chi connectivity index (χ1) is 13.8. The molecule has 4 rings (SSSR count). The third-order valence-electron chi connectivity index (χ3n) is 5.04. The number of halogens is 5. The summed E-state index contributed by atoms with van der Waals surface area (Å²) >= 11 is 0. The Kier molecular flexibility index (Phi) is 5.04. The summed E-state index contributed by atoms with van der Waals surface area (Å²) < 4.78 is 65.1. The smallest absolute Gasteiger partial charge is 0.313 e. The monoisotopic (exact) mass is 405 g/mol. The van der Waals surface area contributed by atoms with E-state index in [1.807, 2.05) is 12.1 Å². The molecule has 0 saturated heterocycles. The predicted octanol–water partition coefficient (Wildman–Crippen LogP) is 5.07. The van der Waals surface area contributed by atoms with Crippen molar-refractivity contribution in [2.45, 2.75) is 25.1 Å². The lowest BCUT2D eigenvalue weighted by Gasteiger charge is -2.19. The van der Waals surface area contributed by atoms with Crippen molar-refractivity contribution in [3.63, 3.8) is 0 Å². The molecule has 0 spiro atoms. The number of fused-ring (bicyclic) bond motifs is 1. The van der Waals surface area contributed by atoms with Gasteiger partial charge in [-0.3, -0.25) is 0 Å². The molecule has 0 amide bonds. The molecule has 1 aliphatic rings. The van der Waals surface area contributed by atoms with Gasteiger partial charge in [0.2, 0.25) is 0 Å². The first kappa shape index (κ1) is 19.4. The van der Waals surface area contributed by atoms with Gasteiger partial charge in [-0.15, -0.1) is 10.2 Å². The predicted molar refractivity (Wildman–Crippen MR) is 97.0 cm³/mol. The molecule has 1 aromatic heterocycles. The van der Waals surface area contributed by atoms with E-state index in [1.54, 1.807) is 12.1 Å². The van der Waals surface area contributed by atoms with E-state index < -0.39 is 23.5 Å². The molecule has 29 heavy (non-hydrogen) atoms. The van der Waals surface area contributed by atoms with Gasteiger partial charge in [0.15, 0.2) is 17.3 Å². The van der Waals surface area contributed by atoms with E-state index in [0.717, 1.165) is 23.3 Å². The second kappa shape index (κ2) is 7.51. The van der Waals surface area contributed by atoms with Gasteiger partial charge in [-0.25, -0.2) is 8.78 Å². The van der Waals surface area contributed by atoms with Gasteiger partial charge in [0.1, 0.15) is 0 Å². The Morgan fingerprint density at radius 2 is 1.72 bits per heavy atom. The SMILES string of the molecule is Fc1ccc(C2CCNCc3cc(-c4ccc(C(F)(F)F)nn4)ccc32)cc1F. The minimum Gasteiger partial charge on any atom is -0.313 e. The van der Waals surface area contributed by atoms with Crippen LogP contribution in [0.2, 0.25) is 0 Å². The lowest BCUT2D eigenvalue weighted by atomic mass is 9.85. The van der Waals surface area contributed by atoms with Crippen molar-refractivity contribution in [1.82, 2.24) is 15.5 Å². The molecule has 1 N–H and O–H groups in total. The summed E-state index contributed by atoms with van der Waals surface area (Å²) in [5, 5.41) is 10.3. The molecule has 3 aromatic rings. The van der Waals surface area contributed by atoms with Crippen molar-refractivity contribution in [3.05, 3.63) is 82.5 Å². The van der Waals surface area contributed by atoms with Crippen molar-refractivity contribution in [2.75, 3.05) is 6.54 Å². The molecule has 2 heterocycles. The maximum absolute atomic E-state index is 13.7. The van der Waals surface area contributed by atoms with Crippen molar-refractivity contribution in [2.24, 2.45) is 0 Å². The lowest BCUT2D eigenvalue weighted by Crippen LogP contribution is -2.12. The largest absolute Gasteiger partial charge is 0.435 e. The maximum atomic E-state index is 13.7. The Labute approximate surface area is 163 Å². The number of benzene rings is 2. The summed E-state index contributed by atoms with van der Waals surface area (Å²) in [5.41, 5.74) is 2.49. The van der Waals surface area contributed by atoms with E-state index in [9.17, 15) is 22.0 Å². The summed E-state index contributed by atoms with van der Waals surface area (Å²) in [4.78, 5) is 0. The van der Waals surface area contributed by atoms with E-state index in [1.165, 1.54) is 12.1 Å². The molecule has 0 fully saturated rings. The van der Waals surface area contributed by atoms with E-state index in [-0.39, 0.29) is 5.92 Å². The minimum atomic E-state index is -4.54. The van der Waals surface area contributed by atoms with Crippen molar-refractivity contribution >= 4 is 0 Å². The lowest BCUT2D eigenvalue weighted by molar-refractivity contribution is -0.141. The molecule has 2 aromatic carbocycles. The van der Waals surface area contributed by atoms with Gasteiger partial charge in [-0.05, 0) is 60.0 Å². The van der Waals surface area contributed by atoms with Crippen LogP contribution in [0.5, 0.6) is 0 Å². The van der Waals surface area contributed by atoms with Crippen molar-refractivity contribution < 1.29 is 22.0 Å². The Bertz CT molecular complexity index is 1030. The highest BCUT2D eigenvalue weighted by atomic mass is 19.4. The molecular formula is C21H16F5N3. The zero-order valence-corrected chi connectivity index (χ0v) is 15.1. The number of aromatic nitrogens is 2. The van der Waals surface area contributed by atoms with Crippen LogP contribution in [0.3, 0.4) is 0 Å². The van der Waals surface area contributed by atoms with Gasteiger partial charge in [-0.2, -0.15) is 13.2 Å². The highest BCUT2D eigenvalue weighted by Crippen LogP contribution is 2.35. The molecule has 0 radical (unpaired) electrons. The van der Waals surface area contributed by atoms with E-state index >= 15 is 0 Å². The van der Waals surface area contributed by atoms with Crippen molar-refractivity contribution in [1.29, 1.82) is 0 Å². The Hall–Kier alpha value is -2.87. The van der Waals surface area contributed by atoms with Crippen LogP contribution >= 0.6 is 0 Å². The molecule has 8 heteroatoms. The zero-order chi connectivity index (χ0) is 20.6. The molecule has 150 valence electrons. The second-order valence-electron chi connectivity index (χ2n) is 6.91.